The normalized spacial score (nSPS) is 11.5. The number of amides is 2. The lowest BCUT2D eigenvalue weighted by Crippen LogP contribution is -2.38. The molecule has 0 bridgehead atoms. The first kappa shape index (κ1) is 22.3. The maximum absolute atomic E-state index is 12.9. The van der Waals surface area contributed by atoms with Gasteiger partial charge in [-0.05, 0) is 18.2 Å². The van der Waals surface area contributed by atoms with Crippen molar-refractivity contribution in [1.29, 1.82) is 0 Å². The molecule has 0 saturated heterocycles. The van der Waals surface area contributed by atoms with E-state index in [1.54, 1.807) is 7.05 Å². The molecule has 31 heavy (non-hydrogen) atoms. The number of carbonyl (C=O) groups is 2. The van der Waals surface area contributed by atoms with E-state index in [-0.39, 0.29) is 17.6 Å². The van der Waals surface area contributed by atoms with Gasteiger partial charge in [0.1, 0.15) is 18.3 Å². The van der Waals surface area contributed by atoms with Gasteiger partial charge in [-0.3, -0.25) is 23.6 Å². The van der Waals surface area contributed by atoms with E-state index in [2.05, 4.69) is 15.4 Å². The van der Waals surface area contributed by atoms with E-state index < -0.39 is 40.7 Å². The number of nitrogens with one attached hydrogen (secondary N) is 1. The Hall–Kier alpha value is -3.41. The minimum absolute atomic E-state index is 0.120. The number of aryl methyl sites for hydroxylation is 1. The summed E-state index contributed by atoms with van der Waals surface area (Å²) in [7, 11) is 2.95. The van der Waals surface area contributed by atoms with Crippen molar-refractivity contribution in [3.8, 4) is 0 Å². The van der Waals surface area contributed by atoms with Gasteiger partial charge in [0, 0.05) is 19.8 Å². The molecule has 13 heteroatoms. The van der Waals surface area contributed by atoms with Gasteiger partial charge in [0.15, 0.2) is 5.65 Å². The Kier molecular flexibility index (Phi) is 6.02. The van der Waals surface area contributed by atoms with Crippen LogP contribution in [0.3, 0.4) is 0 Å². The SMILES string of the molecule is CN(CC(=O)Nc1ccc(Cl)c(C(F)(F)F)c1)C(=O)Cn1cnc2c(cnn2C)c1=O. The van der Waals surface area contributed by atoms with Crippen LogP contribution in [0, 0.1) is 0 Å². The minimum Gasteiger partial charge on any atom is -0.335 e. The fourth-order valence-corrected chi connectivity index (χ4v) is 2.99. The highest BCUT2D eigenvalue weighted by Gasteiger charge is 2.33. The molecule has 0 aliphatic rings. The molecule has 0 fully saturated rings. The Balaban J connectivity index is 1.65. The van der Waals surface area contributed by atoms with E-state index >= 15 is 0 Å². The average molecular weight is 457 g/mol. The Morgan fingerprint density at radius 3 is 2.68 bits per heavy atom. The second-order valence-corrected chi connectivity index (χ2v) is 7.08. The lowest BCUT2D eigenvalue weighted by molar-refractivity contribution is -0.137. The Morgan fingerprint density at radius 2 is 2.00 bits per heavy atom. The van der Waals surface area contributed by atoms with Gasteiger partial charge in [-0.2, -0.15) is 18.3 Å². The van der Waals surface area contributed by atoms with E-state index in [4.69, 9.17) is 11.6 Å². The van der Waals surface area contributed by atoms with E-state index in [1.807, 2.05) is 0 Å². The number of hydrogen-bond donors (Lipinski definition) is 1. The van der Waals surface area contributed by atoms with Crippen LogP contribution in [-0.2, 0) is 29.4 Å². The quantitative estimate of drug-likeness (QED) is 0.632. The maximum atomic E-state index is 12.9. The van der Waals surface area contributed by atoms with E-state index in [0.29, 0.717) is 11.7 Å². The van der Waals surface area contributed by atoms with Gasteiger partial charge in [-0.25, -0.2) is 4.98 Å². The van der Waals surface area contributed by atoms with Crippen molar-refractivity contribution in [3.05, 3.63) is 51.7 Å². The van der Waals surface area contributed by atoms with Crippen LogP contribution in [0.25, 0.3) is 11.0 Å². The molecule has 1 aromatic carbocycles. The van der Waals surface area contributed by atoms with Gasteiger partial charge in [-0.1, -0.05) is 11.6 Å². The van der Waals surface area contributed by atoms with Crippen LogP contribution >= 0.6 is 11.6 Å². The van der Waals surface area contributed by atoms with Gasteiger partial charge < -0.3 is 10.2 Å². The second-order valence-electron chi connectivity index (χ2n) is 6.67. The smallest absolute Gasteiger partial charge is 0.335 e. The summed E-state index contributed by atoms with van der Waals surface area (Å²) in [5, 5.41) is 5.96. The summed E-state index contributed by atoms with van der Waals surface area (Å²) in [6.07, 6.45) is -2.14. The lowest BCUT2D eigenvalue weighted by atomic mass is 10.2. The molecule has 0 saturated carbocycles. The van der Waals surface area contributed by atoms with Crippen molar-refractivity contribution in [2.45, 2.75) is 12.7 Å². The second kappa shape index (κ2) is 8.38. The zero-order valence-corrected chi connectivity index (χ0v) is 17.0. The van der Waals surface area contributed by atoms with Crippen molar-refractivity contribution in [2.24, 2.45) is 7.05 Å². The molecule has 1 N–H and O–H groups in total. The summed E-state index contributed by atoms with van der Waals surface area (Å²) in [5.74, 6) is -1.30. The first-order valence-electron chi connectivity index (χ1n) is 8.75. The summed E-state index contributed by atoms with van der Waals surface area (Å²) in [4.78, 5) is 42.1. The third-order valence-electron chi connectivity index (χ3n) is 4.39. The number of halogens is 4. The zero-order chi connectivity index (χ0) is 22.9. The van der Waals surface area contributed by atoms with Gasteiger partial charge in [0.25, 0.3) is 5.56 Å². The Labute approximate surface area is 178 Å². The van der Waals surface area contributed by atoms with Gasteiger partial charge in [-0.15, -0.1) is 0 Å². The van der Waals surface area contributed by atoms with Crippen LogP contribution in [0.4, 0.5) is 18.9 Å². The molecule has 3 rings (SSSR count). The number of anilines is 1. The number of hydrogen-bond acceptors (Lipinski definition) is 5. The molecule has 0 aliphatic heterocycles. The monoisotopic (exact) mass is 456 g/mol. The van der Waals surface area contributed by atoms with Crippen LogP contribution in [0.2, 0.25) is 5.02 Å². The first-order valence-corrected chi connectivity index (χ1v) is 9.13. The molecular formula is C18H16ClF3N6O3. The van der Waals surface area contributed by atoms with Gasteiger partial charge in [0.05, 0.1) is 23.3 Å². The highest BCUT2D eigenvalue weighted by atomic mass is 35.5. The number of alkyl halides is 3. The molecule has 2 aromatic heterocycles. The minimum atomic E-state index is -4.68. The van der Waals surface area contributed by atoms with Crippen molar-refractivity contribution in [1.82, 2.24) is 24.2 Å². The molecule has 0 spiro atoms. The summed E-state index contributed by atoms with van der Waals surface area (Å²) in [6, 6.07) is 2.94. The van der Waals surface area contributed by atoms with Gasteiger partial charge >= 0.3 is 6.18 Å². The number of fused-ring (bicyclic) bond motifs is 1. The van der Waals surface area contributed by atoms with Crippen LogP contribution in [0.1, 0.15) is 5.56 Å². The van der Waals surface area contributed by atoms with Crippen LogP contribution in [0.5, 0.6) is 0 Å². The third kappa shape index (κ3) is 4.85. The Morgan fingerprint density at radius 1 is 1.29 bits per heavy atom. The molecule has 0 unspecified atom stereocenters. The number of likely N-dealkylation sites (N-methyl/N-ethyl adjacent to an activating group) is 1. The molecule has 0 aliphatic carbocycles. The summed E-state index contributed by atoms with van der Waals surface area (Å²) in [6.45, 7) is -0.820. The number of rotatable bonds is 5. The number of carbonyl (C=O) groups excluding carboxylic acids is 2. The number of nitrogens with zero attached hydrogens (tertiary/aromatic N) is 5. The molecule has 0 radical (unpaired) electrons. The lowest BCUT2D eigenvalue weighted by Gasteiger charge is -2.18. The Bertz CT molecular complexity index is 1220. The molecular weight excluding hydrogens is 441 g/mol. The maximum Gasteiger partial charge on any atom is 0.417 e. The van der Waals surface area contributed by atoms with Crippen LogP contribution in [-0.4, -0.2) is 49.6 Å². The highest BCUT2D eigenvalue weighted by molar-refractivity contribution is 6.31. The standard InChI is InChI=1S/C18H16ClF3N6O3/c1-26(7-14(29)25-10-3-4-13(19)12(5-10)18(20,21)22)15(30)8-28-9-23-16-11(17(28)31)6-24-27(16)2/h3-6,9H,7-8H2,1-2H3,(H,25,29). The van der Waals surface area contributed by atoms with Crippen molar-refractivity contribution in [2.75, 3.05) is 18.9 Å². The first-order chi connectivity index (χ1) is 14.5. The predicted molar refractivity (Wildman–Crippen MR) is 105 cm³/mol. The van der Waals surface area contributed by atoms with Crippen LogP contribution in [0.15, 0.2) is 35.5 Å². The molecule has 164 valence electrons. The molecule has 0 atom stereocenters. The van der Waals surface area contributed by atoms with Crippen LogP contribution < -0.4 is 10.9 Å². The fraction of sp³-hybridized carbons (Fsp3) is 0.278. The zero-order valence-electron chi connectivity index (χ0n) is 16.3. The molecule has 3 aromatic rings. The van der Waals surface area contributed by atoms with Crippen molar-refractivity contribution >= 4 is 40.1 Å². The largest absolute Gasteiger partial charge is 0.417 e. The van der Waals surface area contributed by atoms with Crippen molar-refractivity contribution < 1.29 is 22.8 Å². The fourth-order valence-electron chi connectivity index (χ4n) is 2.77. The van der Waals surface area contributed by atoms with E-state index in [0.717, 1.165) is 15.5 Å². The average Bonchev–Trinajstić information content (AvgIpc) is 3.06. The predicted octanol–water partition coefficient (Wildman–Crippen LogP) is 1.90. The van der Waals surface area contributed by atoms with Crippen molar-refractivity contribution in [3.63, 3.8) is 0 Å². The van der Waals surface area contributed by atoms with E-state index in [9.17, 15) is 27.6 Å². The summed E-state index contributed by atoms with van der Waals surface area (Å²) < 4.78 is 41.3. The molecule has 2 heterocycles. The summed E-state index contributed by atoms with van der Waals surface area (Å²) in [5.41, 5.74) is -1.31. The highest BCUT2D eigenvalue weighted by Crippen LogP contribution is 2.36. The number of benzene rings is 1. The number of aromatic nitrogens is 4. The summed E-state index contributed by atoms with van der Waals surface area (Å²) >= 11 is 5.55. The van der Waals surface area contributed by atoms with Gasteiger partial charge in [0.2, 0.25) is 11.8 Å². The third-order valence-corrected chi connectivity index (χ3v) is 4.72. The molecule has 2 amide bonds. The topological polar surface area (TPSA) is 102 Å². The molecule has 9 nitrogen and oxygen atoms in total. The van der Waals surface area contributed by atoms with E-state index in [1.165, 1.54) is 30.3 Å².